The lowest BCUT2D eigenvalue weighted by Crippen LogP contribution is -2.16. The molecule has 0 aliphatic carbocycles. The minimum Gasteiger partial charge on any atom is -0.472 e. The molecule has 0 saturated carbocycles. The quantitative estimate of drug-likeness (QED) is 0.920. The molecule has 0 saturated heterocycles. The monoisotopic (exact) mass is 285 g/mol. The molecule has 0 unspecified atom stereocenters. The zero-order valence-electron chi connectivity index (χ0n) is 8.37. The van der Waals surface area contributed by atoms with Crippen LogP contribution in [-0.4, -0.2) is 0 Å². The fraction of sp³-hybridized carbons (Fsp3) is 0.273. The van der Waals surface area contributed by atoms with E-state index in [1.165, 1.54) is 10.4 Å². The molecule has 1 atom stereocenters. The van der Waals surface area contributed by atoms with Gasteiger partial charge in [0, 0.05) is 32.9 Å². The number of rotatable bonds is 4. The highest BCUT2D eigenvalue weighted by atomic mass is 79.9. The standard InChI is InChI=1S/C11H12BrNOS/c1-8(11-4-10(12)7-15-11)13-5-9-2-3-14-6-9/h2-4,6-8,13H,5H2,1H3/t8-/m0/s1. The van der Waals surface area contributed by atoms with Crippen molar-refractivity contribution in [2.75, 3.05) is 0 Å². The highest BCUT2D eigenvalue weighted by molar-refractivity contribution is 9.10. The molecule has 2 nitrogen and oxygen atoms in total. The van der Waals surface area contributed by atoms with Gasteiger partial charge in [-0.15, -0.1) is 11.3 Å². The smallest absolute Gasteiger partial charge is 0.0947 e. The second-order valence-corrected chi connectivity index (χ2v) is 5.26. The molecule has 0 bridgehead atoms. The summed E-state index contributed by atoms with van der Waals surface area (Å²) in [4.78, 5) is 1.34. The Balaban J connectivity index is 1.90. The second-order valence-electron chi connectivity index (χ2n) is 3.40. The van der Waals surface area contributed by atoms with Crippen LogP contribution in [0.1, 0.15) is 23.4 Å². The lowest BCUT2D eigenvalue weighted by atomic mass is 10.2. The molecule has 0 radical (unpaired) electrons. The number of nitrogens with one attached hydrogen (secondary N) is 1. The average Bonchev–Trinajstić information content (AvgIpc) is 2.84. The van der Waals surface area contributed by atoms with Crippen LogP contribution >= 0.6 is 27.3 Å². The van der Waals surface area contributed by atoms with Gasteiger partial charge in [-0.05, 0) is 35.0 Å². The predicted octanol–water partition coefficient (Wildman–Crippen LogP) is 3.95. The predicted molar refractivity (Wildman–Crippen MR) is 66.0 cm³/mol. The maximum Gasteiger partial charge on any atom is 0.0947 e. The van der Waals surface area contributed by atoms with Crippen LogP contribution in [0.5, 0.6) is 0 Å². The van der Waals surface area contributed by atoms with Crippen LogP contribution in [0.4, 0.5) is 0 Å². The molecule has 0 amide bonds. The van der Waals surface area contributed by atoms with Crippen molar-refractivity contribution in [2.45, 2.75) is 19.5 Å². The summed E-state index contributed by atoms with van der Waals surface area (Å²) in [5.41, 5.74) is 1.18. The van der Waals surface area contributed by atoms with E-state index in [1.807, 2.05) is 6.07 Å². The Labute approximate surface area is 101 Å². The minimum atomic E-state index is 0.371. The molecule has 15 heavy (non-hydrogen) atoms. The van der Waals surface area contributed by atoms with Crippen LogP contribution in [0.25, 0.3) is 0 Å². The molecule has 1 N–H and O–H groups in total. The van der Waals surface area contributed by atoms with Crippen LogP contribution in [0.15, 0.2) is 38.9 Å². The molecule has 4 heteroatoms. The van der Waals surface area contributed by atoms with Gasteiger partial charge in [0.25, 0.3) is 0 Å². The van der Waals surface area contributed by atoms with Crippen molar-refractivity contribution in [3.63, 3.8) is 0 Å². The third kappa shape index (κ3) is 2.93. The lowest BCUT2D eigenvalue weighted by Gasteiger charge is -2.10. The van der Waals surface area contributed by atoms with Gasteiger partial charge in [0.2, 0.25) is 0 Å². The van der Waals surface area contributed by atoms with Crippen LogP contribution < -0.4 is 5.32 Å². The number of furan rings is 1. The van der Waals surface area contributed by atoms with Gasteiger partial charge in [-0.3, -0.25) is 0 Å². The summed E-state index contributed by atoms with van der Waals surface area (Å²) in [6.45, 7) is 3.01. The summed E-state index contributed by atoms with van der Waals surface area (Å²) < 4.78 is 6.16. The summed E-state index contributed by atoms with van der Waals surface area (Å²) in [5.74, 6) is 0. The van der Waals surface area contributed by atoms with Gasteiger partial charge < -0.3 is 9.73 Å². The van der Waals surface area contributed by atoms with Gasteiger partial charge in [-0.25, -0.2) is 0 Å². The first-order chi connectivity index (χ1) is 7.25. The molecular formula is C11H12BrNOS. The summed E-state index contributed by atoms with van der Waals surface area (Å²) in [5, 5.41) is 5.55. The van der Waals surface area contributed by atoms with Crippen LogP contribution in [0.3, 0.4) is 0 Å². The Morgan fingerprint density at radius 2 is 2.47 bits per heavy atom. The summed E-state index contributed by atoms with van der Waals surface area (Å²) in [6, 6.07) is 4.50. The van der Waals surface area contributed by atoms with Crippen molar-refractivity contribution in [3.05, 3.63) is 45.0 Å². The molecule has 2 heterocycles. The van der Waals surface area contributed by atoms with E-state index in [0.717, 1.165) is 11.0 Å². The van der Waals surface area contributed by atoms with Crippen molar-refractivity contribution in [1.29, 1.82) is 0 Å². The van der Waals surface area contributed by atoms with Crippen LogP contribution in [0, 0.1) is 0 Å². The van der Waals surface area contributed by atoms with E-state index in [1.54, 1.807) is 23.9 Å². The SMILES string of the molecule is C[C@H](NCc1ccoc1)c1cc(Br)cs1. The van der Waals surface area contributed by atoms with Gasteiger partial charge in [0.05, 0.1) is 12.5 Å². The Morgan fingerprint density at radius 1 is 1.60 bits per heavy atom. The minimum absolute atomic E-state index is 0.371. The van der Waals surface area contributed by atoms with E-state index in [4.69, 9.17) is 4.42 Å². The maximum absolute atomic E-state index is 5.01. The largest absolute Gasteiger partial charge is 0.472 e. The summed E-state index contributed by atoms with van der Waals surface area (Å²) in [6.07, 6.45) is 3.47. The molecule has 0 aliphatic heterocycles. The van der Waals surface area contributed by atoms with Crippen molar-refractivity contribution >= 4 is 27.3 Å². The average molecular weight is 286 g/mol. The maximum atomic E-state index is 5.01. The highest BCUT2D eigenvalue weighted by Crippen LogP contribution is 2.25. The van der Waals surface area contributed by atoms with E-state index < -0.39 is 0 Å². The van der Waals surface area contributed by atoms with Gasteiger partial charge in [-0.2, -0.15) is 0 Å². The van der Waals surface area contributed by atoms with E-state index in [0.29, 0.717) is 6.04 Å². The molecule has 80 valence electrons. The lowest BCUT2D eigenvalue weighted by molar-refractivity contribution is 0.549. The molecule has 2 rings (SSSR count). The van der Waals surface area contributed by atoms with Crippen LogP contribution in [-0.2, 0) is 6.54 Å². The number of hydrogen-bond acceptors (Lipinski definition) is 3. The molecule has 0 aromatic carbocycles. The first kappa shape index (κ1) is 10.9. The second kappa shape index (κ2) is 4.96. The third-order valence-electron chi connectivity index (χ3n) is 2.21. The molecule has 0 fully saturated rings. The topological polar surface area (TPSA) is 25.2 Å². The van der Waals surface area contributed by atoms with Gasteiger partial charge in [0.1, 0.15) is 0 Å². The molecule has 2 aromatic heterocycles. The van der Waals surface area contributed by atoms with E-state index in [9.17, 15) is 0 Å². The fourth-order valence-corrected chi connectivity index (χ4v) is 2.80. The molecular weight excluding hydrogens is 274 g/mol. The van der Waals surface area contributed by atoms with Crippen molar-refractivity contribution < 1.29 is 4.42 Å². The molecule has 0 aliphatic rings. The van der Waals surface area contributed by atoms with Gasteiger partial charge in [0.15, 0.2) is 0 Å². The first-order valence-electron chi connectivity index (χ1n) is 4.74. The summed E-state index contributed by atoms with van der Waals surface area (Å²) >= 11 is 5.22. The Kier molecular flexibility index (Phi) is 3.61. The number of halogens is 1. The molecule has 0 spiro atoms. The van der Waals surface area contributed by atoms with Crippen molar-refractivity contribution in [2.24, 2.45) is 0 Å². The Hall–Kier alpha value is -0.580. The third-order valence-corrected chi connectivity index (χ3v) is 4.08. The number of thiophene rings is 1. The van der Waals surface area contributed by atoms with E-state index >= 15 is 0 Å². The highest BCUT2D eigenvalue weighted by Gasteiger charge is 2.07. The van der Waals surface area contributed by atoms with E-state index in [-0.39, 0.29) is 0 Å². The Morgan fingerprint density at radius 3 is 3.07 bits per heavy atom. The summed E-state index contributed by atoms with van der Waals surface area (Å²) in [7, 11) is 0. The van der Waals surface area contributed by atoms with E-state index in [2.05, 4.69) is 39.6 Å². The zero-order valence-corrected chi connectivity index (χ0v) is 10.8. The van der Waals surface area contributed by atoms with Crippen molar-refractivity contribution in [3.8, 4) is 0 Å². The number of hydrogen-bond donors (Lipinski definition) is 1. The first-order valence-corrected chi connectivity index (χ1v) is 6.41. The van der Waals surface area contributed by atoms with Crippen molar-refractivity contribution in [1.82, 2.24) is 5.32 Å². The molecule has 2 aromatic rings. The van der Waals surface area contributed by atoms with Gasteiger partial charge >= 0.3 is 0 Å². The Bertz CT molecular complexity index is 410. The normalized spacial score (nSPS) is 12.9. The van der Waals surface area contributed by atoms with Gasteiger partial charge in [-0.1, -0.05) is 0 Å². The van der Waals surface area contributed by atoms with Crippen LogP contribution in [0.2, 0.25) is 0 Å². The fourth-order valence-electron chi connectivity index (χ4n) is 1.32. The zero-order chi connectivity index (χ0) is 10.7.